The molecule has 12 heteroatoms. The topological polar surface area (TPSA) is 70.4 Å². The molecule has 0 radical (unpaired) electrons. The van der Waals surface area contributed by atoms with Gasteiger partial charge in [0.15, 0.2) is 0 Å². The number of methoxy groups -OCH3 is 1. The second-order valence-corrected chi connectivity index (χ2v) is 10.3. The first-order valence-electron chi connectivity index (χ1n) is 11.5. The molecule has 196 valence electrons. The largest absolute Gasteiger partial charge is 0.490 e. The molecule has 0 bridgehead atoms. The van der Waals surface area contributed by atoms with Crippen LogP contribution < -0.4 is 19.4 Å². The minimum absolute atomic E-state index is 0.0617. The number of hydrazone groups is 1. The summed E-state index contributed by atoms with van der Waals surface area (Å²) in [5, 5.41) is 15.3. The summed E-state index contributed by atoms with van der Waals surface area (Å²) in [5.41, 5.74) is 0.385. The van der Waals surface area contributed by atoms with E-state index >= 15 is 0 Å². The molecule has 4 atom stereocenters. The average Bonchev–Trinajstić information content (AvgIpc) is 3.17. The maximum Gasteiger partial charge on any atom is 0.431 e. The Morgan fingerprint density at radius 1 is 1.22 bits per heavy atom. The van der Waals surface area contributed by atoms with Crippen LogP contribution in [0.5, 0.6) is 11.6 Å². The first-order valence-corrected chi connectivity index (χ1v) is 12.7. The van der Waals surface area contributed by atoms with Gasteiger partial charge in [0.2, 0.25) is 5.88 Å². The number of halogens is 5. The second kappa shape index (κ2) is 10.6. The van der Waals surface area contributed by atoms with Crippen molar-refractivity contribution in [3.63, 3.8) is 0 Å². The normalized spacial score (nSPS) is 24.6. The van der Waals surface area contributed by atoms with Crippen molar-refractivity contribution in [1.29, 1.82) is 0 Å². The number of hydrogen-bond acceptors (Lipinski definition) is 7. The van der Waals surface area contributed by atoms with Crippen LogP contribution in [0.25, 0.3) is 0 Å². The fraction of sp³-hybridized carbons (Fsp3) is 0.500. The predicted molar refractivity (Wildman–Crippen MR) is 136 cm³/mol. The molecule has 7 nitrogen and oxygen atoms in total. The third kappa shape index (κ3) is 5.38. The van der Waals surface area contributed by atoms with E-state index < -0.39 is 30.5 Å². The summed E-state index contributed by atoms with van der Waals surface area (Å²) in [6, 6.07) is 6.09. The van der Waals surface area contributed by atoms with Crippen molar-refractivity contribution in [3.8, 4) is 11.6 Å². The SMILES string of the molecule is COc1cc(N2CC[C@@H](Oc3ccc(N4N=C(C(F)(F)F)[C@@H](C)[C@@H]4CO)c(Br)c3)[C@H](C)C2)c(Cl)cn1. The zero-order chi connectivity index (χ0) is 26.2. The molecule has 1 aromatic carbocycles. The lowest BCUT2D eigenvalue weighted by Gasteiger charge is -2.38. The molecule has 1 N–H and O–H groups in total. The van der Waals surface area contributed by atoms with E-state index in [1.807, 2.05) is 6.07 Å². The Hall–Kier alpha value is -2.24. The predicted octanol–water partition coefficient (Wildman–Crippen LogP) is 5.54. The van der Waals surface area contributed by atoms with Crippen molar-refractivity contribution in [2.24, 2.45) is 16.9 Å². The number of nitrogens with zero attached hydrogens (tertiary/aromatic N) is 4. The van der Waals surface area contributed by atoms with Gasteiger partial charge in [0.25, 0.3) is 0 Å². The van der Waals surface area contributed by atoms with Gasteiger partial charge in [0.1, 0.15) is 17.6 Å². The molecule has 3 heterocycles. The summed E-state index contributed by atoms with van der Waals surface area (Å²) in [6.45, 7) is 4.49. The molecule has 0 spiro atoms. The van der Waals surface area contributed by atoms with Gasteiger partial charge in [-0.05, 0) is 34.1 Å². The molecule has 0 saturated carbocycles. The third-order valence-electron chi connectivity index (χ3n) is 6.66. The van der Waals surface area contributed by atoms with E-state index in [1.165, 1.54) is 11.9 Å². The van der Waals surface area contributed by atoms with Crippen LogP contribution in [0.3, 0.4) is 0 Å². The molecule has 0 unspecified atom stereocenters. The standard InChI is InChI=1S/C24H27BrClF3N4O3/c1-13-11-32(19-9-22(35-3)30-10-17(19)26)7-6-21(13)36-15-4-5-18(16(25)8-15)33-20(12-34)14(2)23(31-33)24(27,28)29/h4-5,8-10,13-14,20-21,34H,6-7,11-12H2,1-3H3/t13-,14+,20+,21-/m1/s1. The fourth-order valence-corrected chi connectivity index (χ4v) is 5.42. The van der Waals surface area contributed by atoms with Crippen LogP contribution in [0, 0.1) is 11.8 Å². The average molecular weight is 592 g/mol. The first-order chi connectivity index (χ1) is 17.0. The summed E-state index contributed by atoms with van der Waals surface area (Å²) in [7, 11) is 1.56. The van der Waals surface area contributed by atoms with Crippen molar-refractivity contribution in [3.05, 3.63) is 40.0 Å². The summed E-state index contributed by atoms with van der Waals surface area (Å²) < 4.78 is 52.1. The number of piperidine rings is 1. The number of pyridine rings is 1. The van der Waals surface area contributed by atoms with Gasteiger partial charge in [-0.3, -0.25) is 5.01 Å². The molecule has 36 heavy (non-hydrogen) atoms. The number of hydrogen-bond donors (Lipinski definition) is 1. The van der Waals surface area contributed by atoms with Crippen molar-refractivity contribution in [2.75, 3.05) is 36.7 Å². The quantitative estimate of drug-likeness (QED) is 0.476. The number of alkyl halides is 3. The van der Waals surface area contributed by atoms with E-state index in [-0.39, 0.29) is 12.0 Å². The Kier molecular flexibility index (Phi) is 7.92. The number of rotatable bonds is 6. The van der Waals surface area contributed by atoms with Crippen LogP contribution in [0.2, 0.25) is 5.02 Å². The summed E-state index contributed by atoms with van der Waals surface area (Å²) in [4.78, 5) is 6.30. The highest BCUT2D eigenvalue weighted by atomic mass is 79.9. The van der Waals surface area contributed by atoms with E-state index in [1.54, 1.807) is 31.5 Å². The monoisotopic (exact) mass is 590 g/mol. The molecule has 0 aliphatic carbocycles. The van der Waals surface area contributed by atoms with E-state index in [4.69, 9.17) is 21.1 Å². The van der Waals surface area contributed by atoms with Gasteiger partial charge >= 0.3 is 6.18 Å². The third-order valence-corrected chi connectivity index (χ3v) is 7.58. The van der Waals surface area contributed by atoms with Crippen molar-refractivity contribution in [2.45, 2.75) is 38.6 Å². The molecule has 1 aromatic heterocycles. The molecule has 1 fully saturated rings. The van der Waals surface area contributed by atoms with Crippen LogP contribution in [0.1, 0.15) is 20.3 Å². The molecule has 4 rings (SSSR count). The summed E-state index contributed by atoms with van der Waals surface area (Å²) in [6.07, 6.45) is -2.30. The number of aromatic nitrogens is 1. The number of ether oxygens (including phenoxy) is 2. The van der Waals surface area contributed by atoms with Gasteiger partial charge in [0.05, 0.1) is 42.4 Å². The van der Waals surface area contributed by atoms with Crippen molar-refractivity contribution >= 4 is 44.6 Å². The maximum atomic E-state index is 13.4. The molecule has 1 saturated heterocycles. The van der Waals surface area contributed by atoms with Crippen molar-refractivity contribution < 1.29 is 27.8 Å². The number of benzene rings is 1. The van der Waals surface area contributed by atoms with E-state index in [9.17, 15) is 18.3 Å². The summed E-state index contributed by atoms with van der Waals surface area (Å²) in [5.74, 6) is 0.294. The Labute approximate surface area is 221 Å². The van der Waals surface area contributed by atoms with Crippen LogP contribution in [0.4, 0.5) is 24.5 Å². The van der Waals surface area contributed by atoms with Gasteiger partial charge in [-0.15, -0.1) is 0 Å². The van der Waals surface area contributed by atoms with Crippen LogP contribution in [-0.2, 0) is 0 Å². The number of anilines is 2. The molecule has 2 aliphatic rings. The Morgan fingerprint density at radius 2 is 1.97 bits per heavy atom. The first kappa shape index (κ1) is 26.8. The van der Waals surface area contributed by atoms with Gasteiger partial charge in [-0.2, -0.15) is 18.3 Å². The maximum absolute atomic E-state index is 13.4. The molecular weight excluding hydrogens is 565 g/mol. The van der Waals surface area contributed by atoms with Crippen LogP contribution in [-0.4, -0.2) is 60.9 Å². The molecule has 2 aliphatic heterocycles. The Balaban J connectivity index is 1.46. The summed E-state index contributed by atoms with van der Waals surface area (Å²) >= 11 is 9.81. The van der Waals surface area contributed by atoms with E-state index in [0.717, 1.165) is 25.2 Å². The van der Waals surface area contributed by atoms with Gasteiger partial charge in [-0.1, -0.05) is 25.4 Å². The minimum Gasteiger partial charge on any atom is -0.490 e. The molecular formula is C24H27BrClF3N4O3. The lowest BCUT2D eigenvalue weighted by Crippen LogP contribution is -2.44. The lowest BCUT2D eigenvalue weighted by atomic mass is 9.96. The lowest BCUT2D eigenvalue weighted by molar-refractivity contribution is -0.0621. The smallest absolute Gasteiger partial charge is 0.431 e. The zero-order valence-corrected chi connectivity index (χ0v) is 22.3. The van der Waals surface area contributed by atoms with Crippen molar-refractivity contribution in [1.82, 2.24) is 4.98 Å². The van der Waals surface area contributed by atoms with Gasteiger partial charge in [0, 0.05) is 41.9 Å². The molecule has 2 aromatic rings. The zero-order valence-electron chi connectivity index (χ0n) is 20.0. The highest BCUT2D eigenvalue weighted by molar-refractivity contribution is 9.10. The molecule has 0 amide bonds. The van der Waals surface area contributed by atoms with E-state index in [0.29, 0.717) is 26.8 Å². The number of aliphatic hydroxyl groups excluding tert-OH is 1. The van der Waals surface area contributed by atoms with E-state index in [2.05, 4.69) is 37.8 Å². The fourth-order valence-electron chi connectivity index (χ4n) is 4.66. The number of aliphatic hydroxyl groups is 1. The second-order valence-electron chi connectivity index (χ2n) is 9.03. The van der Waals surface area contributed by atoms with Gasteiger partial charge in [-0.25, -0.2) is 4.98 Å². The Morgan fingerprint density at radius 3 is 2.58 bits per heavy atom. The van der Waals surface area contributed by atoms with Gasteiger partial charge < -0.3 is 19.5 Å². The van der Waals surface area contributed by atoms with Crippen LogP contribution in [0.15, 0.2) is 40.0 Å². The highest BCUT2D eigenvalue weighted by Crippen LogP contribution is 2.40. The Bertz CT molecular complexity index is 1140. The minimum atomic E-state index is -4.56. The van der Waals surface area contributed by atoms with Crippen LogP contribution >= 0.6 is 27.5 Å². The highest BCUT2D eigenvalue weighted by Gasteiger charge is 2.48.